The van der Waals surface area contributed by atoms with Crippen LogP contribution in [-0.4, -0.2) is 20.7 Å². The van der Waals surface area contributed by atoms with Gasteiger partial charge in [-0.05, 0) is 41.1 Å². The van der Waals surface area contributed by atoms with Crippen LogP contribution in [0.1, 0.15) is 45.7 Å². The largest absolute Gasteiger partial charge is 0.340 e. The van der Waals surface area contributed by atoms with E-state index in [2.05, 4.69) is 52.7 Å². The third kappa shape index (κ3) is 4.33. The van der Waals surface area contributed by atoms with E-state index in [1.165, 1.54) is 5.56 Å². The molecule has 0 aliphatic carbocycles. The number of hydrogen-bond acceptors (Lipinski definition) is 4. The van der Waals surface area contributed by atoms with Gasteiger partial charge in [-0.25, -0.2) is 0 Å². The fourth-order valence-electron chi connectivity index (χ4n) is 3.53. The Morgan fingerprint density at radius 1 is 1.13 bits per heavy atom. The highest BCUT2D eigenvalue weighted by atomic mass is 32.1. The van der Waals surface area contributed by atoms with Crippen LogP contribution in [0.3, 0.4) is 0 Å². The molecule has 1 amide bonds. The summed E-state index contributed by atoms with van der Waals surface area (Å²) in [4.78, 5) is 18.5. The van der Waals surface area contributed by atoms with Gasteiger partial charge in [0.1, 0.15) is 5.69 Å². The smallest absolute Gasteiger partial charge is 0.255 e. The average Bonchev–Trinajstić information content (AvgIpc) is 3.43. The maximum Gasteiger partial charge on any atom is 0.255 e. The molecule has 0 bridgehead atoms. The topological polar surface area (TPSA) is 59.8 Å². The molecule has 1 atom stereocenters. The summed E-state index contributed by atoms with van der Waals surface area (Å²) in [7, 11) is 1.82. The highest BCUT2D eigenvalue weighted by Crippen LogP contribution is 2.28. The van der Waals surface area contributed by atoms with Gasteiger partial charge in [0.25, 0.3) is 5.91 Å². The van der Waals surface area contributed by atoms with Crippen molar-refractivity contribution >= 4 is 17.2 Å². The number of hydrogen-bond donors (Lipinski definition) is 1. The fraction of sp³-hybridized carbons (Fsp3) is 0.208. The molecule has 1 unspecified atom stereocenters. The molecule has 0 aliphatic heterocycles. The lowest BCUT2D eigenvalue weighted by molar-refractivity contribution is 0.0944. The zero-order valence-electron chi connectivity index (χ0n) is 17.1. The first-order chi connectivity index (χ1) is 14.7. The molecule has 152 valence electrons. The second-order valence-corrected chi connectivity index (χ2v) is 8.19. The quantitative estimate of drug-likeness (QED) is 0.460. The van der Waals surface area contributed by atoms with Gasteiger partial charge in [0.2, 0.25) is 0 Å². The molecule has 0 saturated carbocycles. The van der Waals surface area contributed by atoms with Crippen molar-refractivity contribution in [1.82, 2.24) is 20.1 Å². The first kappa shape index (κ1) is 20.0. The SMILES string of the molecule is CCCc1ccc(C(NC(=O)c2cn(C)nc2-c2ccncc2)c2cccs2)cc1. The number of amides is 1. The molecule has 3 aromatic heterocycles. The molecule has 0 fully saturated rings. The molecule has 0 saturated heterocycles. The molecule has 5 nitrogen and oxygen atoms in total. The summed E-state index contributed by atoms with van der Waals surface area (Å²) in [6.45, 7) is 2.18. The van der Waals surface area contributed by atoms with Crippen LogP contribution in [0, 0.1) is 0 Å². The Kier molecular flexibility index (Phi) is 6.05. The predicted octanol–water partition coefficient (Wildman–Crippen LogP) is 5.02. The second kappa shape index (κ2) is 9.05. The van der Waals surface area contributed by atoms with Crippen molar-refractivity contribution in [1.29, 1.82) is 0 Å². The van der Waals surface area contributed by atoms with E-state index in [1.54, 1.807) is 34.6 Å². The Balaban J connectivity index is 1.65. The molecule has 0 radical (unpaired) electrons. The van der Waals surface area contributed by atoms with Crippen LogP contribution in [0.5, 0.6) is 0 Å². The van der Waals surface area contributed by atoms with Crippen LogP contribution in [-0.2, 0) is 13.5 Å². The molecule has 1 N–H and O–H groups in total. The third-order valence-electron chi connectivity index (χ3n) is 4.98. The van der Waals surface area contributed by atoms with E-state index in [9.17, 15) is 4.79 Å². The molecular weight excluding hydrogens is 392 g/mol. The van der Waals surface area contributed by atoms with Crippen LogP contribution in [0.15, 0.2) is 72.5 Å². The highest BCUT2D eigenvalue weighted by Gasteiger charge is 2.23. The van der Waals surface area contributed by atoms with Crippen molar-refractivity contribution in [3.63, 3.8) is 0 Å². The first-order valence-corrected chi connectivity index (χ1v) is 10.9. The van der Waals surface area contributed by atoms with Crippen molar-refractivity contribution in [2.75, 3.05) is 0 Å². The number of thiophene rings is 1. The lowest BCUT2D eigenvalue weighted by Gasteiger charge is -2.18. The van der Waals surface area contributed by atoms with E-state index >= 15 is 0 Å². The number of pyridine rings is 1. The van der Waals surface area contributed by atoms with E-state index < -0.39 is 0 Å². The first-order valence-electron chi connectivity index (χ1n) is 10.0. The molecule has 0 aliphatic rings. The number of aryl methyl sites for hydroxylation is 2. The van der Waals surface area contributed by atoms with Crippen molar-refractivity contribution < 1.29 is 4.79 Å². The van der Waals surface area contributed by atoms with Crippen molar-refractivity contribution in [3.8, 4) is 11.3 Å². The lowest BCUT2D eigenvalue weighted by Crippen LogP contribution is -2.29. The molecule has 30 heavy (non-hydrogen) atoms. The Morgan fingerprint density at radius 2 is 1.90 bits per heavy atom. The normalized spacial score (nSPS) is 11.9. The van der Waals surface area contributed by atoms with E-state index in [1.807, 2.05) is 30.6 Å². The van der Waals surface area contributed by atoms with E-state index in [0.717, 1.165) is 28.8 Å². The molecule has 4 rings (SSSR count). The van der Waals surface area contributed by atoms with Crippen LogP contribution in [0.2, 0.25) is 0 Å². The van der Waals surface area contributed by atoms with Gasteiger partial charge in [0.05, 0.1) is 11.6 Å². The summed E-state index contributed by atoms with van der Waals surface area (Å²) < 4.78 is 1.67. The summed E-state index contributed by atoms with van der Waals surface area (Å²) in [6, 6.07) is 16.1. The number of nitrogens with one attached hydrogen (secondary N) is 1. The average molecular weight is 417 g/mol. The molecular formula is C24H24N4OS. The van der Waals surface area contributed by atoms with E-state index in [4.69, 9.17) is 0 Å². The van der Waals surface area contributed by atoms with Gasteiger partial charge in [-0.2, -0.15) is 5.10 Å². The van der Waals surface area contributed by atoms with Gasteiger partial charge in [0, 0.05) is 36.1 Å². The summed E-state index contributed by atoms with van der Waals surface area (Å²) in [5.41, 5.74) is 4.45. The minimum Gasteiger partial charge on any atom is -0.340 e. The zero-order valence-corrected chi connectivity index (χ0v) is 17.9. The predicted molar refractivity (Wildman–Crippen MR) is 121 cm³/mol. The molecule has 0 spiro atoms. The van der Waals surface area contributed by atoms with Crippen LogP contribution >= 0.6 is 11.3 Å². The number of benzene rings is 1. The maximum absolute atomic E-state index is 13.3. The standard InChI is InChI=1S/C24H24N4OS/c1-3-5-17-7-9-18(10-8-17)23(21-6-4-15-30-21)26-24(29)20-16-28(2)27-22(20)19-11-13-25-14-12-19/h4,6-16,23H,3,5H2,1-2H3,(H,26,29). The Morgan fingerprint density at radius 3 is 2.57 bits per heavy atom. The number of nitrogens with zero attached hydrogens (tertiary/aromatic N) is 3. The van der Waals surface area contributed by atoms with Gasteiger partial charge in [-0.15, -0.1) is 11.3 Å². The molecule has 1 aromatic carbocycles. The molecule has 3 heterocycles. The van der Waals surface area contributed by atoms with E-state index in [0.29, 0.717) is 11.3 Å². The van der Waals surface area contributed by atoms with Crippen LogP contribution in [0.4, 0.5) is 0 Å². The maximum atomic E-state index is 13.3. The summed E-state index contributed by atoms with van der Waals surface area (Å²) in [5, 5.41) is 9.77. The lowest BCUT2D eigenvalue weighted by atomic mass is 10.0. The number of carbonyl (C=O) groups is 1. The second-order valence-electron chi connectivity index (χ2n) is 7.21. The zero-order chi connectivity index (χ0) is 20.9. The van der Waals surface area contributed by atoms with Gasteiger partial charge in [-0.3, -0.25) is 14.5 Å². The summed E-state index contributed by atoms with van der Waals surface area (Å²) >= 11 is 1.64. The van der Waals surface area contributed by atoms with Gasteiger partial charge in [-0.1, -0.05) is 43.7 Å². The fourth-order valence-corrected chi connectivity index (χ4v) is 4.33. The molecule has 4 aromatic rings. The van der Waals surface area contributed by atoms with Gasteiger partial charge in [0.15, 0.2) is 0 Å². The van der Waals surface area contributed by atoms with Crippen LogP contribution < -0.4 is 5.32 Å². The number of aromatic nitrogens is 3. The number of carbonyl (C=O) groups excluding carboxylic acids is 1. The van der Waals surface area contributed by atoms with Gasteiger partial charge >= 0.3 is 0 Å². The molecule has 6 heteroatoms. The minimum absolute atomic E-state index is 0.147. The Bertz CT molecular complexity index is 1100. The highest BCUT2D eigenvalue weighted by molar-refractivity contribution is 7.10. The third-order valence-corrected chi connectivity index (χ3v) is 5.92. The summed E-state index contributed by atoms with van der Waals surface area (Å²) in [6.07, 6.45) is 7.35. The minimum atomic E-state index is -0.210. The van der Waals surface area contributed by atoms with Crippen LogP contribution in [0.25, 0.3) is 11.3 Å². The number of rotatable bonds is 7. The van der Waals surface area contributed by atoms with Gasteiger partial charge < -0.3 is 5.32 Å². The van der Waals surface area contributed by atoms with Crippen molar-refractivity contribution in [2.45, 2.75) is 25.8 Å². The Labute approximate surface area is 180 Å². The monoisotopic (exact) mass is 416 g/mol. The summed E-state index contributed by atoms with van der Waals surface area (Å²) in [5.74, 6) is -0.147. The van der Waals surface area contributed by atoms with Crippen molar-refractivity contribution in [2.24, 2.45) is 7.05 Å². The van der Waals surface area contributed by atoms with E-state index in [-0.39, 0.29) is 11.9 Å². The van der Waals surface area contributed by atoms with Crippen molar-refractivity contribution in [3.05, 3.63) is 94.1 Å². The Hall–Kier alpha value is -3.25.